The van der Waals surface area contributed by atoms with Crippen molar-refractivity contribution in [2.24, 2.45) is 0 Å². The number of rotatable bonds is 1. The van der Waals surface area contributed by atoms with Gasteiger partial charge in [-0.05, 0) is 45.5 Å². The monoisotopic (exact) mass is 286 g/mol. The molecule has 0 aromatic heterocycles. The van der Waals surface area contributed by atoms with Crippen molar-refractivity contribution in [1.29, 1.82) is 0 Å². The van der Waals surface area contributed by atoms with E-state index in [2.05, 4.69) is 12.1 Å². The molecular formula is C20H14O2. The summed E-state index contributed by atoms with van der Waals surface area (Å²) >= 11 is 0. The average Bonchev–Trinajstić information content (AvgIpc) is 2.54. The van der Waals surface area contributed by atoms with Gasteiger partial charge < -0.3 is 10.2 Å². The predicted molar refractivity (Wildman–Crippen MR) is 90.2 cm³/mol. The molecule has 2 N–H and O–H groups in total. The van der Waals surface area contributed by atoms with Crippen molar-refractivity contribution in [3.05, 3.63) is 72.8 Å². The number of hydrogen-bond acceptors (Lipinski definition) is 2. The van der Waals surface area contributed by atoms with Crippen LogP contribution in [-0.4, -0.2) is 10.2 Å². The molecule has 0 heterocycles. The molecule has 0 fully saturated rings. The summed E-state index contributed by atoms with van der Waals surface area (Å²) in [6, 6.07) is 23.0. The Hall–Kier alpha value is -3.00. The largest absolute Gasteiger partial charge is 0.508 e. The first-order valence-electron chi connectivity index (χ1n) is 7.17. The third-order valence-corrected chi connectivity index (χ3v) is 4.05. The quantitative estimate of drug-likeness (QED) is 0.513. The van der Waals surface area contributed by atoms with Crippen LogP contribution in [0.3, 0.4) is 0 Å². The van der Waals surface area contributed by atoms with Crippen LogP contribution in [0, 0.1) is 0 Å². The van der Waals surface area contributed by atoms with E-state index in [0.29, 0.717) is 0 Å². The third kappa shape index (κ3) is 1.89. The van der Waals surface area contributed by atoms with Gasteiger partial charge in [0.05, 0.1) is 0 Å². The highest BCUT2D eigenvalue weighted by molar-refractivity contribution is 6.06. The molecule has 0 bridgehead atoms. The summed E-state index contributed by atoms with van der Waals surface area (Å²) in [7, 11) is 0. The van der Waals surface area contributed by atoms with Crippen LogP contribution in [0.4, 0.5) is 0 Å². The van der Waals surface area contributed by atoms with Crippen LogP contribution in [0.5, 0.6) is 11.5 Å². The van der Waals surface area contributed by atoms with Crippen LogP contribution < -0.4 is 0 Å². The van der Waals surface area contributed by atoms with E-state index in [9.17, 15) is 10.2 Å². The van der Waals surface area contributed by atoms with E-state index in [1.807, 2.05) is 42.5 Å². The van der Waals surface area contributed by atoms with Crippen molar-refractivity contribution < 1.29 is 10.2 Å². The zero-order valence-corrected chi connectivity index (χ0v) is 11.8. The minimum absolute atomic E-state index is 0.264. The third-order valence-electron chi connectivity index (χ3n) is 4.05. The fraction of sp³-hybridized carbons (Fsp3) is 0. The van der Waals surface area contributed by atoms with E-state index in [4.69, 9.17) is 0 Å². The summed E-state index contributed by atoms with van der Waals surface area (Å²) in [4.78, 5) is 0. The van der Waals surface area contributed by atoms with Crippen molar-refractivity contribution in [2.45, 2.75) is 0 Å². The molecule has 4 rings (SSSR count). The van der Waals surface area contributed by atoms with E-state index in [1.165, 1.54) is 0 Å². The first-order chi connectivity index (χ1) is 10.7. The average molecular weight is 286 g/mol. The molecular weight excluding hydrogens is 272 g/mol. The van der Waals surface area contributed by atoms with E-state index in [1.54, 1.807) is 18.2 Å². The molecule has 0 aliphatic carbocycles. The lowest BCUT2D eigenvalue weighted by molar-refractivity contribution is 0.476. The van der Waals surface area contributed by atoms with Gasteiger partial charge in [-0.15, -0.1) is 0 Å². The molecule has 0 amide bonds. The Morgan fingerprint density at radius 1 is 0.545 bits per heavy atom. The van der Waals surface area contributed by atoms with E-state index < -0.39 is 0 Å². The molecule has 0 unspecified atom stereocenters. The molecule has 0 saturated heterocycles. The molecule has 0 atom stereocenters. The highest BCUT2D eigenvalue weighted by Crippen LogP contribution is 2.36. The van der Waals surface area contributed by atoms with Gasteiger partial charge in [0.2, 0.25) is 0 Å². The van der Waals surface area contributed by atoms with E-state index in [-0.39, 0.29) is 11.5 Å². The lowest BCUT2D eigenvalue weighted by atomic mass is 9.94. The second-order valence-corrected chi connectivity index (χ2v) is 5.39. The summed E-state index contributed by atoms with van der Waals surface area (Å²) < 4.78 is 0. The van der Waals surface area contributed by atoms with E-state index >= 15 is 0 Å². The van der Waals surface area contributed by atoms with Gasteiger partial charge in [0, 0.05) is 5.39 Å². The summed E-state index contributed by atoms with van der Waals surface area (Å²) in [6.45, 7) is 0. The lowest BCUT2D eigenvalue weighted by Gasteiger charge is -2.11. The summed E-state index contributed by atoms with van der Waals surface area (Å²) in [5.41, 5.74) is 2.17. The van der Waals surface area contributed by atoms with Gasteiger partial charge in [0.1, 0.15) is 11.5 Å². The van der Waals surface area contributed by atoms with Crippen molar-refractivity contribution in [1.82, 2.24) is 0 Å². The second kappa shape index (κ2) is 4.78. The maximum absolute atomic E-state index is 10.1. The number of fused-ring (bicyclic) bond motifs is 2. The fourth-order valence-electron chi connectivity index (χ4n) is 3.03. The Balaban J connectivity index is 2.10. The van der Waals surface area contributed by atoms with Crippen LogP contribution >= 0.6 is 0 Å². The Bertz CT molecular complexity index is 1000. The van der Waals surface area contributed by atoms with Crippen LogP contribution in [0.15, 0.2) is 72.8 Å². The molecule has 106 valence electrons. The van der Waals surface area contributed by atoms with E-state index in [0.717, 1.165) is 32.7 Å². The van der Waals surface area contributed by atoms with Crippen molar-refractivity contribution in [3.8, 4) is 22.6 Å². The number of phenolic OH excluding ortho intramolecular Hbond substituents is 2. The first kappa shape index (κ1) is 12.7. The molecule has 2 nitrogen and oxygen atoms in total. The predicted octanol–water partition coefficient (Wildman–Crippen LogP) is 5.07. The van der Waals surface area contributed by atoms with Gasteiger partial charge in [-0.1, -0.05) is 54.6 Å². The SMILES string of the molecule is Oc1ccc2c(-c3cccc4c(O)cccc34)cccc2c1. The van der Waals surface area contributed by atoms with Crippen LogP contribution in [0.2, 0.25) is 0 Å². The molecule has 0 radical (unpaired) electrons. The van der Waals surface area contributed by atoms with Gasteiger partial charge in [0.15, 0.2) is 0 Å². The van der Waals surface area contributed by atoms with Gasteiger partial charge in [-0.3, -0.25) is 0 Å². The lowest BCUT2D eigenvalue weighted by Crippen LogP contribution is -1.84. The Kier molecular flexibility index (Phi) is 2.76. The fourth-order valence-corrected chi connectivity index (χ4v) is 3.03. The van der Waals surface area contributed by atoms with Crippen molar-refractivity contribution >= 4 is 21.5 Å². The summed E-state index contributed by atoms with van der Waals surface area (Å²) in [5.74, 6) is 0.553. The minimum atomic E-state index is 0.264. The zero-order chi connectivity index (χ0) is 15.1. The van der Waals surface area contributed by atoms with Crippen LogP contribution in [-0.2, 0) is 0 Å². The molecule has 4 aromatic carbocycles. The highest BCUT2D eigenvalue weighted by Gasteiger charge is 2.09. The maximum Gasteiger partial charge on any atom is 0.123 e. The number of hydrogen-bond donors (Lipinski definition) is 2. The van der Waals surface area contributed by atoms with Crippen molar-refractivity contribution in [3.63, 3.8) is 0 Å². The standard InChI is InChI=1S/C20H14O2/c21-14-10-11-15-13(12-14)4-1-5-16(15)17-6-2-8-19-18(17)7-3-9-20(19)22/h1-12,21-22H. The number of phenols is 2. The Labute approximate surface area is 127 Å². The molecule has 4 aromatic rings. The molecule has 0 saturated carbocycles. The number of aromatic hydroxyl groups is 2. The zero-order valence-electron chi connectivity index (χ0n) is 11.8. The molecule has 0 spiro atoms. The Morgan fingerprint density at radius 3 is 2.09 bits per heavy atom. The molecule has 0 aliphatic rings. The summed E-state index contributed by atoms with van der Waals surface area (Å²) in [6.07, 6.45) is 0. The topological polar surface area (TPSA) is 40.5 Å². The Morgan fingerprint density at radius 2 is 1.23 bits per heavy atom. The summed E-state index contributed by atoms with van der Waals surface area (Å²) in [5, 5.41) is 23.7. The van der Waals surface area contributed by atoms with Gasteiger partial charge >= 0.3 is 0 Å². The molecule has 0 aliphatic heterocycles. The smallest absolute Gasteiger partial charge is 0.123 e. The normalized spacial score (nSPS) is 11.1. The second-order valence-electron chi connectivity index (χ2n) is 5.39. The first-order valence-corrected chi connectivity index (χ1v) is 7.17. The van der Waals surface area contributed by atoms with Gasteiger partial charge in [0.25, 0.3) is 0 Å². The molecule has 2 heteroatoms. The van der Waals surface area contributed by atoms with Gasteiger partial charge in [-0.25, -0.2) is 0 Å². The minimum Gasteiger partial charge on any atom is -0.508 e. The van der Waals surface area contributed by atoms with Crippen LogP contribution in [0.1, 0.15) is 0 Å². The molecule has 22 heavy (non-hydrogen) atoms. The number of benzene rings is 4. The van der Waals surface area contributed by atoms with Crippen LogP contribution in [0.25, 0.3) is 32.7 Å². The van der Waals surface area contributed by atoms with Crippen molar-refractivity contribution in [2.75, 3.05) is 0 Å². The van der Waals surface area contributed by atoms with Gasteiger partial charge in [-0.2, -0.15) is 0 Å². The highest BCUT2D eigenvalue weighted by atomic mass is 16.3. The maximum atomic E-state index is 10.1.